The molecule has 2 aliphatic rings. The fourth-order valence-corrected chi connectivity index (χ4v) is 2.94. The van der Waals surface area contributed by atoms with Gasteiger partial charge in [0.25, 0.3) is 0 Å². The predicted octanol–water partition coefficient (Wildman–Crippen LogP) is 2.07. The fraction of sp³-hybridized carbons (Fsp3) is 0.727. The highest BCUT2D eigenvalue weighted by Gasteiger charge is 2.26. The van der Waals surface area contributed by atoms with Gasteiger partial charge in [-0.3, -0.25) is 4.68 Å². The van der Waals surface area contributed by atoms with Crippen molar-refractivity contribution in [2.45, 2.75) is 51.0 Å². The third-order valence-electron chi connectivity index (χ3n) is 3.66. The Morgan fingerprint density at radius 1 is 1.14 bits per heavy atom. The Bertz CT molecular complexity index is 348. The van der Waals surface area contributed by atoms with Gasteiger partial charge in [-0.2, -0.15) is 5.10 Å². The van der Waals surface area contributed by atoms with E-state index in [0.29, 0.717) is 6.04 Å². The molecule has 14 heavy (non-hydrogen) atoms. The number of aromatic nitrogens is 2. The molecule has 0 bridgehead atoms. The zero-order valence-electron chi connectivity index (χ0n) is 8.50. The Hall–Kier alpha value is -0.990. The van der Waals surface area contributed by atoms with Crippen LogP contribution in [0.3, 0.4) is 0 Å². The molecule has 0 amide bonds. The molecule has 2 N–H and O–H groups in total. The van der Waals surface area contributed by atoms with Crippen LogP contribution in [0, 0.1) is 0 Å². The van der Waals surface area contributed by atoms with Crippen molar-refractivity contribution in [3.8, 4) is 0 Å². The van der Waals surface area contributed by atoms with Crippen LogP contribution in [0.25, 0.3) is 0 Å². The molecule has 1 aromatic rings. The monoisotopic (exact) mass is 191 g/mol. The SMILES string of the molecule is Nc1nn(C2CCCC2)c2c1CCC2. The van der Waals surface area contributed by atoms with Gasteiger partial charge in [-0.1, -0.05) is 12.8 Å². The third kappa shape index (κ3) is 1.08. The zero-order valence-corrected chi connectivity index (χ0v) is 8.50. The van der Waals surface area contributed by atoms with Gasteiger partial charge >= 0.3 is 0 Å². The van der Waals surface area contributed by atoms with Gasteiger partial charge in [-0.05, 0) is 32.1 Å². The van der Waals surface area contributed by atoms with Gasteiger partial charge in [0.05, 0.1) is 6.04 Å². The summed E-state index contributed by atoms with van der Waals surface area (Å²) in [7, 11) is 0. The number of anilines is 1. The maximum atomic E-state index is 5.93. The molecule has 76 valence electrons. The van der Waals surface area contributed by atoms with Crippen LogP contribution in [0.4, 0.5) is 5.82 Å². The summed E-state index contributed by atoms with van der Waals surface area (Å²) in [6.45, 7) is 0. The molecule has 1 heterocycles. The standard InChI is InChI=1S/C11H17N3/c12-11-9-6-3-7-10(9)14(13-11)8-4-1-2-5-8/h8H,1-7H2,(H2,12,13). The molecule has 1 saturated carbocycles. The lowest BCUT2D eigenvalue weighted by molar-refractivity contribution is 0.452. The van der Waals surface area contributed by atoms with Crippen LogP contribution >= 0.6 is 0 Å². The van der Waals surface area contributed by atoms with E-state index in [1.165, 1.54) is 49.8 Å². The van der Waals surface area contributed by atoms with E-state index in [-0.39, 0.29) is 0 Å². The molecular formula is C11H17N3. The van der Waals surface area contributed by atoms with Gasteiger partial charge in [0.1, 0.15) is 5.82 Å². The molecule has 0 aliphatic heterocycles. The second-order valence-electron chi connectivity index (χ2n) is 4.55. The summed E-state index contributed by atoms with van der Waals surface area (Å²) < 4.78 is 2.24. The first-order chi connectivity index (χ1) is 6.86. The minimum Gasteiger partial charge on any atom is -0.382 e. The van der Waals surface area contributed by atoms with Gasteiger partial charge in [0, 0.05) is 11.3 Å². The second kappa shape index (κ2) is 3.01. The van der Waals surface area contributed by atoms with Gasteiger partial charge in [0.2, 0.25) is 0 Å². The quantitative estimate of drug-likeness (QED) is 0.738. The van der Waals surface area contributed by atoms with Crippen molar-refractivity contribution in [1.29, 1.82) is 0 Å². The van der Waals surface area contributed by atoms with Crippen LogP contribution < -0.4 is 5.73 Å². The van der Waals surface area contributed by atoms with E-state index >= 15 is 0 Å². The van der Waals surface area contributed by atoms with Gasteiger partial charge < -0.3 is 5.73 Å². The van der Waals surface area contributed by atoms with Crippen LogP contribution in [-0.2, 0) is 12.8 Å². The van der Waals surface area contributed by atoms with Crippen molar-refractivity contribution < 1.29 is 0 Å². The normalized spacial score (nSPS) is 21.7. The van der Waals surface area contributed by atoms with Crippen molar-refractivity contribution in [3.63, 3.8) is 0 Å². The van der Waals surface area contributed by atoms with Crippen LogP contribution in [0.1, 0.15) is 49.4 Å². The topological polar surface area (TPSA) is 43.8 Å². The highest BCUT2D eigenvalue weighted by Crippen LogP contribution is 2.35. The Kier molecular flexibility index (Phi) is 1.79. The Balaban J connectivity index is 2.01. The molecule has 3 nitrogen and oxygen atoms in total. The van der Waals surface area contributed by atoms with Crippen molar-refractivity contribution in [1.82, 2.24) is 9.78 Å². The van der Waals surface area contributed by atoms with E-state index < -0.39 is 0 Å². The van der Waals surface area contributed by atoms with Crippen molar-refractivity contribution in [2.24, 2.45) is 0 Å². The average Bonchev–Trinajstić information content (AvgIpc) is 2.84. The molecule has 1 aromatic heterocycles. The van der Waals surface area contributed by atoms with Gasteiger partial charge in [-0.15, -0.1) is 0 Å². The molecule has 0 spiro atoms. The fourth-order valence-electron chi connectivity index (χ4n) is 2.94. The smallest absolute Gasteiger partial charge is 0.148 e. The van der Waals surface area contributed by atoms with Crippen LogP contribution in [0.2, 0.25) is 0 Å². The minimum absolute atomic E-state index is 0.652. The zero-order chi connectivity index (χ0) is 9.54. The number of fused-ring (bicyclic) bond motifs is 1. The van der Waals surface area contributed by atoms with E-state index in [9.17, 15) is 0 Å². The molecule has 3 heteroatoms. The largest absolute Gasteiger partial charge is 0.382 e. The highest BCUT2D eigenvalue weighted by atomic mass is 15.3. The molecule has 3 rings (SSSR count). The first-order valence-electron chi connectivity index (χ1n) is 5.72. The van der Waals surface area contributed by atoms with Crippen LogP contribution in [-0.4, -0.2) is 9.78 Å². The van der Waals surface area contributed by atoms with Gasteiger partial charge in [0.15, 0.2) is 0 Å². The lowest BCUT2D eigenvalue weighted by Crippen LogP contribution is -2.10. The average molecular weight is 191 g/mol. The summed E-state index contributed by atoms with van der Waals surface area (Å²) in [4.78, 5) is 0. The lowest BCUT2D eigenvalue weighted by atomic mass is 10.2. The number of rotatable bonds is 1. The van der Waals surface area contributed by atoms with E-state index in [4.69, 9.17) is 5.73 Å². The van der Waals surface area contributed by atoms with E-state index in [1.807, 2.05) is 0 Å². The number of nitrogens with zero attached hydrogens (tertiary/aromatic N) is 2. The maximum Gasteiger partial charge on any atom is 0.148 e. The molecule has 0 radical (unpaired) electrons. The van der Waals surface area contributed by atoms with Crippen molar-refractivity contribution >= 4 is 5.82 Å². The van der Waals surface area contributed by atoms with Crippen molar-refractivity contribution in [2.75, 3.05) is 5.73 Å². The molecule has 0 saturated heterocycles. The maximum absolute atomic E-state index is 5.93. The lowest BCUT2D eigenvalue weighted by Gasteiger charge is -2.12. The highest BCUT2D eigenvalue weighted by molar-refractivity contribution is 5.45. The Morgan fingerprint density at radius 3 is 2.71 bits per heavy atom. The first kappa shape index (κ1) is 8.33. The van der Waals surface area contributed by atoms with Crippen molar-refractivity contribution in [3.05, 3.63) is 11.3 Å². The van der Waals surface area contributed by atoms with E-state index in [2.05, 4.69) is 9.78 Å². The molecular weight excluding hydrogens is 174 g/mol. The number of nitrogen functional groups attached to an aromatic ring is 1. The summed E-state index contributed by atoms with van der Waals surface area (Å²) in [5.41, 5.74) is 8.71. The molecule has 0 atom stereocenters. The molecule has 1 fully saturated rings. The summed E-state index contributed by atoms with van der Waals surface area (Å²) in [6, 6.07) is 0.652. The Labute approximate surface area is 84.3 Å². The number of hydrogen-bond acceptors (Lipinski definition) is 2. The third-order valence-corrected chi connectivity index (χ3v) is 3.66. The summed E-state index contributed by atoms with van der Waals surface area (Å²) in [5, 5.41) is 4.51. The van der Waals surface area contributed by atoms with Crippen LogP contribution in [0.5, 0.6) is 0 Å². The predicted molar refractivity (Wildman–Crippen MR) is 56.2 cm³/mol. The van der Waals surface area contributed by atoms with E-state index in [0.717, 1.165) is 12.2 Å². The summed E-state index contributed by atoms with van der Waals surface area (Å²) in [5.74, 6) is 0.796. The number of nitrogens with two attached hydrogens (primary N) is 1. The van der Waals surface area contributed by atoms with Gasteiger partial charge in [-0.25, -0.2) is 0 Å². The second-order valence-corrected chi connectivity index (χ2v) is 4.55. The Morgan fingerprint density at radius 2 is 1.93 bits per heavy atom. The number of hydrogen-bond donors (Lipinski definition) is 1. The molecule has 0 unspecified atom stereocenters. The summed E-state index contributed by atoms with van der Waals surface area (Å²) in [6.07, 6.45) is 8.92. The minimum atomic E-state index is 0.652. The van der Waals surface area contributed by atoms with E-state index in [1.54, 1.807) is 0 Å². The summed E-state index contributed by atoms with van der Waals surface area (Å²) >= 11 is 0. The van der Waals surface area contributed by atoms with Crippen LogP contribution in [0.15, 0.2) is 0 Å². The first-order valence-corrected chi connectivity index (χ1v) is 5.72. The molecule has 0 aromatic carbocycles. The molecule has 2 aliphatic carbocycles.